The number of carbonyl (C=O) groups is 1. The minimum atomic E-state index is 0.175. The molecule has 0 radical (unpaired) electrons. The number of nitrogens with zero attached hydrogens (tertiary/aromatic N) is 1. The molecule has 20 heavy (non-hydrogen) atoms. The van der Waals surface area contributed by atoms with E-state index in [1.807, 2.05) is 0 Å². The molecule has 0 bridgehead atoms. The second kappa shape index (κ2) is 9.35. The SMILES string of the molecule is CCCNC1CCN(CC(=O)NC(C)CC)CC1CC. The average molecular weight is 283 g/mol. The van der Waals surface area contributed by atoms with Crippen molar-refractivity contribution >= 4 is 5.91 Å². The van der Waals surface area contributed by atoms with Gasteiger partial charge < -0.3 is 10.6 Å². The van der Waals surface area contributed by atoms with Crippen molar-refractivity contribution in [3.05, 3.63) is 0 Å². The fourth-order valence-electron chi connectivity index (χ4n) is 2.89. The number of hydrogen-bond acceptors (Lipinski definition) is 3. The highest BCUT2D eigenvalue weighted by atomic mass is 16.2. The molecule has 1 aliphatic heterocycles. The molecule has 2 N–H and O–H groups in total. The Hall–Kier alpha value is -0.610. The highest BCUT2D eigenvalue weighted by Gasteiger charge is 2.28. The largest absolute Gasteiger partial charge is 0.353 e. The third-order valence-corrected chi connectivity index (χ3v) is 4.39. The molecule has 1 rings (SSSR count). The Labute approximate surface area is 124 Å². The molecule has 4 nitrogen and oxygen atoms in total. The normalized spacial score (nSPS) is 25.4. The zero-order valence-corrected chi connectivity index (χ0v) is 13.7. The molecule has 4 heteroatoms. The molecule has 1 saturated heterocycles. The van der Waals surface area contributed by atoms with Crippen molar-refractivity contribution in [1.82, 2.24) is 15.5 Å². The van der Waals surface area contributed by atoms with E-state index >= 15 is 0 Å². The van der Waals surface area contributed by atoms with Gasteiger partial charge in [0.15, 0.2) is 0 Å². The van der Waals surface area contributed by atoms with Gasteiger partial charge in [0.1, 0.15) is 0 Å². The lowest BCUT2D eigenvalue weighted by molar-refractivity contribution is -0.123. The van der Waals surface area contributed by atoms with E-state index in [4.69, 9.17) is 0 Å². The van der Waals surface area contributed by atoms with Crippen LogP contribution in [0.15, 0.2) is 0 Å². The van der Waals surface area contributed by atoms with Crippen LogP contribution in [0.3, 0.4) is 0 Å². The second-order valence-corrected chi connectivity index (χ2v) is 6.13. The highest BCUT2D eigenvalue weighted by Crippen LogP contribution is 2.20. The van der Waals surface area contributed by atoms with E-state index in [1.54, 1.807) is 0 Å². The van der Waals surface area contributed by atoms with Crippen molar-refractivity contribution < 1.29 is 4.79 Å². The van der Waals surface area contributed by atoms with Crippen molar-refractivity contribution in [2.24, 2.45) is 5.92 Å². The number of carbonyl (C=O) groups excluding carboxylic acids is 1. The van der Waals surface area contributed by atoms with Gasteiger partial charge in [-0.25, -0.2) is 0 Å². The number of rotatable bonds is 8. The Kier molecular flexibility index (Phi) is 8.15. The van der Waals surface area contributed by atoms with Crippen LogP contribution < -0.4 is 10.6 Å². The molecule has 0 aliphatic carbocycles. The van der Waals surface area contributed by atoms with Crippen LogP contribution in [-0.2, 0) is 4.79 Å². The Balaban J connectivity index is 2.38. The van der Waals surface area contributed by atoms with E-state index in [9.17, 15) is 4.79 Å². The third kappa shape index (κ3) is 5.80. The molecule has 1 aliphatic rings. The molecule has 3 unspecified atom stereocenters. The first-order valence-corrected chi connectivity index (χ1v) is 8.35. The average Bonchev–Trinajstić information content (AvgIpc) is 2.45. The van der Waals surface area contributed by atoms with Crippen LogP contribution in [0, 0.1) is 5.92 Å². The fourth-order valence-corrected chi connectivity index (χ4v) is 2.89. The van der Waals surface area contributed by atoms with Crippen LogP contribution in [0.4, 0.5) is 0 Å². The van der Waals surface area contributed by atoms with Crippen LogP contribution in [0.1, 0.15) is 53.4 Å². The van der Waals surface area contributed by atoms with Crippen molar-refractivity contribution in [3.63, 3.8) is 0 Å². The van der Waals surface area contributed by atoms with Crippen LogP contribution in [0.5, 0.6) is 0 Å². The van der Waals surface area contributed by atoms with Crippen molar-refractivity contribution in [2.75, 3.05) is 26.2 Å². The van der Waals surface area contributed by atoms with Gasteiger partial charge in [0.05, 0.1) is 6.54 Å². The molecule has 0 saturated carbocycles. The number of hydrogen-bond donors (Lipinski definition) is 2. The maximum Gasteiger partial charge on any atom is 0.234 e. The molecule has 1 heterocycles. The van der Waals surface area contributed by atoms with Gasteiger partial charge in [0.2, 0.25) is 5.91 Å². The molecule has 118 valence electrons. The van der Waals surface area contributed by atoms with Gasteiger partial charge in [-0.2, -0.15) is 0 Å². The standard InChI is InChI=1S/C16H33N3O/c1-5-9-17-15-8-10-19(11-14(15)7-3)12-16(20)18-13(4)6-2/h13-15,17H,5-12H2,1-4H3,(H,18,20). The van der Waals surface area contributed by atoms with Crippen LogP contribution in [0.2, 0.25) is 0 Å². The molecule has 0 aromatic carbocycles. The van der Waals surface area contributed by atoms with Gasteiger partial charge >= 0.3 is 0 Å². The lowest BCUT2D eigenvalue weighted by atomic mass is 9.90. The van der Waals surface area contributed by atoms with E-state index in [2.05, 4.69) is 43.2 Å². The smallest absolute Gasteiger partial charge is 0.234 e. The Morgan fingerprint density at radius 2 is 2.10 bits per heavy atom. The van der Waals surface area contributed by atoms with Crippen LogP contribution >= 0.6 is 0 Å². The summed E-state index contributed by atoms with van der Waals surface area (Å²) in [7, 11) is 0. The van der Waals surface area contributed by atoms with Gasteiger partial charge in [-0.15, -0.1) is 0 Å². The lowest BCUT2D eigenvalue weighted by Crippen LogP contribution is -2.52. The van der Waals surface area contributed by atoms with E-state index in [0.29, 0.717) is 18.5 Å². The topological polar surface area (TPSA) is 44.4 Å². The summed E-state index contributed by atoms with van der Waals surface area (Å²) in [6.45, 7) is 12.4. The quantitative estimate of drug-likeness (QED) is 0.716. The minimum Gasteiger partial charge on any atom is -0.353 e. The van der Waals surface area contributed by atoms with Gasteiger partial charge in [0.25, 0.3) is 0 Å². The van der Waals surface area contributed by atoms with Crippen molar-refractivity contribution in [1.29, 1.82) is 0 Å². The Bertz CT molecular complexity index is 283. The predicted molar refractivity (Wildman–Crippen MR) is 84.8 cm³/mol. The first-order valence-electron chi connectivity index (χ1n) is 8.35. The fraction of sp³-hybridized carbons (Fsp3) is 0.938. The number of nitrogens with one attached hydrogen (secondary N) is 2. The first-order chi connectivity index (χ1) is 9.60. The van der Waals surface area contributed by atoms with E-state index in [0.717, 1.165) is 32.5 Å². The summed E-state index contributed by atoms with van der Waals surface area (Å²) >= 11 is 0. The summed E-state index contributed by atoms with van der Waals surface area (Å²) < 4.78 is 0. The van der Waals surface area contributed by atoms with Crippen molar-refractivity contribution in [3.8, 4) is 0 Å². The lowest BCUT2D eigenvalue weighted by Gasteiger charge is -2.38. The Morgan fingerprint density at radius 3 is 2.70 bits per heavy atom. The first kappa shape index (κ1) is 17.4. The molecular formula is C16H33N3O. The maximum absolute atomic E-state index is 12.0. The zero-order valence-electron chi connectivity index (χ0n) is 13.7. The molecule has 0 aromatic rings. The van der Waals surface area contributed by atoms with Gasteiger partial charge in [0, 0.05) is 25.2 Å². The molecule has 1 amide bonds. The zero-order chi connectivity index (χ0) is 15.0. The van der Waals surface area contributed by atoms with Crippen LogP contribution in [0.25, 0.3) is 0 Å². The number of likely N-dealkylation sites (tertiary alicyclic amines) is 1. The molecular weight excluding hydrogens is 250 g/mol. The second-order valence-electron chi connectivity index (χ2n) is 6.13. The summed E-state index contributed by atoms with van der Waals surface area (Å²) in [5.74, 6) is 0.848. The molecule has 3 atom stereocenters. The summed E-state index contributed by atoms with van der Waals surface area (Å²) in [6, 6.07) is 0.919. The van der Waals surface area contributed by atoms with Crippen molar-refractivity contribution in [2.45, 2.75) is 65.5 Å². The third-order valence-electron chi connectivity index (χ3n) is 4.39. The number of amides is 1. The summed E-state index contributed by atoms with van der Waals surface area (Å²) in [5.41, 5.74) is 0. The summed E-state index contributed by atoms with van der Waals surface area (Å²) in [4.78, 5) is 14.3. The maximum atomic E-state index is 12.0. The van der Waals surface area contributed by atoms with Gasteiger partial charge in [-0.3, -0.25) is 9.69 Å². The van der Waals surface area contributed by atoms with E-state index < -0.39 is 0 Å². The summed E-state index contributed by atoms with van der Waals surface area (Å²) in [6.07, 6.45) is 4.53. The highest BCUT2D eigenvalue weighted by molar-refractivity contribution is 5.78. The van der Waals surface area contributed by atoms with E-state index in [1.165, 1.54) is 12.8 Å². The molecule has 1 fully saturated rings. The number of piperidine rings is 1. The summed E-state index contributed by atoms with van der Waals surface area (Å²) in [5, 5.41) is 6.72. The van der Waals surface area contributed by atoms with Gasteiger partial charge in [-0.05, 0) is 38.6 Å². The van der Waals surface area contributed by atoms with Gasteiger partial charge in [-0.1, -0.05) is 27.2 Å². The van der Waals surface area contributed by atoms with E-state index in [-0.39, 0.29) is 11.9 Å². The predicted octanol–water partition coefficient (Wildman–Crippen LogP) is 2.00. The monoisotopic (exact) mass is 283 g/mol. The minimum absolute atomic E-state index is 0.175. The Morgan fingerprint density at radius 1 is 1.35 bits per heavy atom. The molecule has 0 aromatic heterocycles. The van der Waals surface area contributed by atoms with Crippen LogP contribution in [-0.4, -0.2) is 49.1 Å². The molecule has 0 spiro atoms.